The molecule has 16 heavy (non-hydrogen) atoms. The van der Waals surface area contributed by atoms with Gasteiger partial charge in [-0.15, -0.1) is 0 Å². The molecule has 0 fully saturated rings. The van der Waals surface area contributed by atoms with Crippen molar-refractivity contribution in [3.05, 3.63) is 0 Å². The van der Waals surface area contributed by atoms with Crippen molar-refractivity contribution in [2.24, 2.45) is 5.41 Å². The van der Waals surface area contributed by atoms with Gasteiger partial charge in [0, 0.05) is 19.2 Å². The van der Waals surface area contributed by atoms with Crippen LogP contribution in [0.2, 0.25) is 0 Å². The van der Waals surface area contributed by atoms with Crippen molar-refractivity contribution < 1.29 is 9.90 Å². The number of hydrogen-bond donors (Lipinski definition) is 3. The molecule has 3 N–H and O–H groups in total. The van der Waals surface area contributed by atoms with Crippen LogP contribution >= 0.6 is 0 Å². The molecule has 0 aliphatic carbocycles. The van der Waals surface area contributed by atoms with Crippen LogP contribution in [0.5, 0.6) is 0 Å². The first kappa shape index (κ1) is 15.4. The second kappa shape index (κ2) is 7.63. The van der Waals surface area contributed by atoms with Gasteiger partial charge >= 0.3 is 0 Å². The maximum Gasteiger partial charge on any atom is 0.233 e. The first-order valence-corrected chi connectivity index (χ1v) is 6.02. The number of aliphatic hydroxyl groups excluding tert-OH is 1. The molecule has 4 nitrogen and oxygen atoms in total. The average molecular weight is 230 g/mol. The molecular formula is C12H26N2O2. The summed E-state index contributed by atoms with van der Waals surface area (Å²) in [5.74, 6) is 0.0223. The van der Waals surface area contributed by atoms with E-state index in [1.54, 1.807) is 0 Å². The van der Waals surface area contributed by atoms with Crippen molar-refractivity contribution in [1.29, 1.82) is 0 Å². The summed E-state index contributed by atoms with van der Waals surface area (Å²) in [7, 11) is 0. The van der Waals surface area contributed by atoms with Crippen LogP contribution in [-0.2, 0) is 4.79 Å². The third-order valence-corrected chi connectivity index (χ3v) is 2.54. The van der Waals surface area contributed by atoms with Gasteiger partial charge in [0.15, 0.2) is 0 Å². The molecular weight excluding hydrogens is 204 g/mol. The Morgan fingerprint density at radius 1 is 1.38 bits per heavy atom. The number of carbonyl (C=O) groups excluding carboxylic acids is 1. The van der Waals surface area contributed by atoms with E-state index in [1.807, 2.05) is 6.92 Å². The fourth-order valence-corrected chi connectivity index (χ4v) is 1.51. The van der Waals surface area contributed by atoms with Crippen LogP contribution in [0.3, 0.4) is 0 Å². The average Bonchev–Trinajstić information content (AvgIpc) is 2.19. The van der Waals surface area contributed by atoms with Gasteiger partial charge in [0.1, 0.15) is 0 Å². The number of carbonyl (C=O) groups is 1. The summed E-state index contributed by atoms with van der Waals surface area (Å²) in [6.07, 6.45) is 1.62. The molecule has 0 heterocycles. The maximum atomic E-state index is 11.4. The lowest BCUT2D eigenvalue weighted by Gasteiger charge is -2.31. The van der Waals surface area contributed by atoms with Gasteiger partial charge in [-0.25, -0.2) is 0 Å². The van der Waals surface area contributed by atoms with Gasteiger partial charge in [-0.3, -0.25) is 4.79 Å². The Bertz CT molecular complexity index is 200. The van der Waals surface area contributed by atoms with Gasteiger partial charge in [-0.2, -0.15) is 0 Å². The molecule has 0 saturated heterocycles. The summed E-state index contributed by atoms with van der Waals surface area (Å²) >= 11 is 0. The topological polar surface area (TPSA) is 61.4 Å². The molecule has 0 saturated carbocycles. The van der Waals surface area contributed by atoms with Crippen molar-refractivity contribution in [3.63, 3.8) is 0 Å². The predicted molar refractivity (Wildman–Crippen MR) is 66.2 cm³/mol. The normalized spacial score (nSPS) is 13.6. The second-order valence-electron chi connectivity index (χ2n) is 5.16. The van der Waals surface area contributed by atoms with Crippen LogP contribution in [-0.4, -0.2) is 36.8 Å². The molecule has 0 spiro atoms. The summed E-state index contributed by atoms with van der Waals surface area (Å²) in [6, 6.07) is 0.157. The summed E-state index contributed by atoms with van der Waals surface area (Å²) < 4.78 is 0. The minimum Gasteiger partial charge on any atom is -0.396 e. The van der Waals surface area contributed by atoms with Crippen molar-refractivity contribution in [3.8, 4) is 0 Å². The lowest BCUT2D eigenvalue weighted by Crippen LogP contribution is -2.45. The first-order valence-electron chi connectivity index (χ1n) is 6.02. The number of rotatable bonds is 7. The quantitative estimate of drug-likeness (QED) is 0.609. The van der Waals surface area contributed by atoms with Crippen LogP contribution in [0.1, 0.15) is 40.5 Å². The van der Waals surface area contributed by atoms with Gasteiger partial charge in [0.05, 0.1) is 6.54 Å². The molecule has 4 heteroatoms. The highest BCUT2D eigenvalue weighted by molar-refractivity contribution is 5.77. The van der Waals surface area contributed by atoms with Crippen LogP contribution in [0.4, 0.5) is 0 Å². The fraction of sp³-hybridized carbons (Fsp3) is 0.917. The SMILES string of the molecule is CCCNC(=O)CNC(CCO)C(C)(C)C. The monoisotopic (exact) mass is 230 g/mol. The molecule has 0 rings (SSSR count). The summed E-state index contributed by atoms with van der Waals surface area (Å²) in [4.78, 5) is 11.4. The van der Waals surface area contributed by atoms with E-state index >= 15 is 0 Å². The zero-order valence-corrected chi connectivity index (χ0v) is 11.0. The standard InChI is InChI=1S/C12H26N2O2/c1-5-7-13-11(16)9-14-10(6-8-15)12(2,3)4/h10,14-15H,5-9H2,1-4H3,(H,13,16). The molecule has 0 aromatic rings. The molecule has 0 aromatic carbocycles. The molecule has 0 aromatic heterocycles. The predicted octanol–water partition coefficient (Wildman–Crippen LogP) is 0.899. The van der Waals surface area contributed by atoms with E-state index in [1.165, 1.54) is 0 Å². The molecule has 1 amide bonds. The Balaban J connectivity index is 3.97. The Kier molecular flexibility index (Phi) is 7.34. The van der Waals surface area contributed by atoms with Crippen LogP contribution in [0.15, 0.2) is 0 Å². The molecule has 0 aliphatic heterocycles. The molecule has 96 valence electrons. The van der Waals surface area contributed by atoms with Crippen molar-refractivity contribution in [2.45, 2.75) is 46.6 Å². The van der Waals surface area contributed by atoms with Gasteiger partial charge < -0.3 is 15.7 Å². The lowest BCUT2D eigenvalue weighted by atomic mass is 9.85. The highest BCUT2D eigenvalue weighted by Gasteiger charge is 2.23. The Morgan fingerprint density at radius 2 is 2.00 bits per heavy atom. The van der Waals surface area contributed by atoms with Gasteiger partial charge in [0.2, 0.25) is 5.91 Å². The van der Waals surface area contributed by atoms with E-state index < -0.39 is 0 Å². The number of hydrogen-bond acceptors (Lipinski definition) is 3. The van der Waals surface area contributed by atoms with E-state index in [0.29, 0.717) is 13.0 Å². The molecule has 0 aliphatic rings. The lowest BCUT2D eigenvalue weighted by molar-refractivity contribution is -0.120. The molecule has 0 radical (unpaired) electrons. The third-order valence-electron chi connectivity index (χ3n) is 2.54. The Morgan fingerprint density at radius 3 is 2.44 bits per heavy atom. The number of aliphatic hydroxyl groups is 1. The summed E-state index contributed by atoms with van der Waals surface area (Å²) in [6.45, 7) is 9.52. The summed E-state index contributed by atoms with van der Waals surface area (Å²) in [5, 5.41) is 15.0. The van der Waals surface area contributed by atoms with Crippen molar-refractivity contribution in [2.75, 3.05) is 19.7 Å². The van der Waals surface area contributed by atoms with Gasteiger partial charge in [-0.1, -0.05) is 27.7 Å². The second-order valence-corrected chi connectivity index (χ2v) is 5.16. The summed E-state index contributed by atoms with van der Waals surface area (Å²) in [5.41, 5.74) is 0.0494. The zero-order valence-electron chi connectivity index (χ0n) is 11.0. The van der Waals surface area contributed by atoms with Gasteiger partial charge in [-0.05, 0) is 18.3 Å². The molecule has 1 atom stereocenters. The van der Waals surface area contributed by atoms with Crippen LogP contribution in [0, 0.1) is 5.41 Å². The molecule has 1 unspecified atom stereocenters. The number of nitrogens with one attached hydrogen (secondary N) is 2. The number of amides is 1. The van der Waals surface area contributed by atoms with Crippen molar-refractivity contribution >= 4 is 5.91 Å². The largest absolute Gasteiger partial charge is 0.396 e. The Hall–Kier alpha value is -0.610. The van der Waals surface area contributed by atoms with E-state index in [-0.39, 0.29) is 24.0 Å². The van der Waals surface area contributed by atoms with Crippen molar-refractivity contribution in [1.82, 2.24) is 10.6 Å². The van der Waals surface area contributed by atoms with E-state index in [9.17, 15) is 4.79 Å². The van der Waals surface area contributed by atoms with E-state index in [2.05, 4.69) is 31.4 Å². The maximum absolute atomic E-state index is 11.4. The third kappa shape index (κ3) is 6.80. The highest BCUT2D eigenvalue weighted by atomic mass is 16.3. The van der Waals surface area contributed by atoms with Gasteiger partial charge in [0.25, 0.3) is 0 Å². The van der Waals surface area contributed by atoms with E-state index in [0.717, 1.165) is 13.0 Å². The van der Waals surface area contributed by atoms with Crippen LogP contribution in [0.25, 0.3) is 0 Å². The minimum absolute atomic E-state index is 0.0223. The van der Waals surface area contributed by atoms with E-state index in [4.69, 9.17) is 5.11 Å². The minimum atomic E-state index is 0.0223. The molecule has 0 bridgehead atoms. The highest BCUT2D eigenvalue weighted by Crippen LogP contribution is 2.21. The Labute approximate surface area is 98.8 Å². The fourth-order valence-electron chi connectivity index (χ4n) is 1.51. The zero-order chi connectivity index (χ0) is 12.6. The smallest absolute Gasteiger partial charge is 0.233 e. The van der Waals surface area contributed by atoms with Crippen LogP contribution < -0.4 is 10.6 Å². The first-order chi connectivity index (χ1) is 7.41.